The molecule has 2 amide bonds. The van der Waals surface area contributed by atoms with E-state index >= 15 is 0 Å². The minimum Gasteiger partial charge on any atom is -0.338 e. The van der Waals surface area contributed by atoms with Gasteiger partial charge in [-0.3, -0.25) is 4.98 Å². The molecule has 2 N–H and O–H groups in total. The monoisotopic (exact) mass is 309 g/mol. The predicted octanol–water partition coefficient (Wildman–Crippen LogP) is 3.74. The van der Waals surface area contributed by atoms with E-state index in [1.807, 2.05) is 36.4 Å². The number of hydrogen-bond acceptors (Lipinski definition) is 2. The van der Waals surface area contributed by atoms with E-state index in [2.05, 4.69) is 15.6 Å². The molecule has 0 bridgehead atoms. The van der Waals surface area contributed by atoms with Crippen LogP contribution in [0, 0.1) is 5.82 Å². The van der Waals surface area contributed by atoms with E-state index in [4.69, 9.17) is 0 Å². The molecule has 0 aliphatic carbocycles. The van der Waals surface area contributed by atoms with Gasteiger partial charge in [0.2, 0.25) is 0 Å². The Morgan fingerprint density at radius 3 is 2.78 bits per heavy atom. The molecule has 3 rings (SSSR count). The summed E-state index contributed by atoms with van der Waals surface area (Å²) in [5.74, 6) is -0.270. The molecule has 23 heavy (non-hydrogen) atoms. The van der Waals surface area contributed by atoms with E-state index < -0.39 is 0 Å². The topological polar surface area (TPSA) is 54.0 Å². The zero-order chi connectivity index (χ0) is 16.1. The molecule has 0 aliphatic rings. The fourth-order valence-electron chi connectivity index (χ4n) is 2.38. The number of aromatic nitrogens is 1. The summed E-state index contributed by atoms with van der Waals surface area (Å²) in [7, 11) is 0. The summed E-state index contributed by atoms with van der Waals surface area (Å²) < 4.78 is 13.1. The van der Waals surface area contributed by atoms with Crippen LogP contribution in [0.3, 0.4) is 0 Å². The molecule has 2 aromatic carbocycles. The normalized spacial score (nSPS) is 10.5. The highest BCUT2D eigenvalue weighted by molar-refractivity contribution is 5.99. The third-order valence-corrected chi connectivity index (χ3v) is 3.47. The molecule has 0 saturated heterocycles. The lowest BCUT2D eigenvalue weighted by atomic mass is 10.1. The van der Waals surface area contributed by atoms with E-state index in [1.165, 1.54) is 12.1 Å². The zero-order valence-electron chi connectivity index (χ0n) is 12.4. The Kier molecular flexibility index (Phi) is 4.47. The molecule has 5 heteroatoms. The van der Waals surface area contributed by atoms with Crippen LogP contribution in [0.2, 0.25) is 0 Å². The lowest BCUT2D eigenvalue weighted by Crippen LogP contribution is -2.30. The Labute approximate surface area is 133 Å². The van der Waals surface area contributed by atoms with Crippen LogP contribution in [0.1, 0.15) is 5.56 Å². The van der Waals surface area contributed by atoms with Crippen molar-refractivity contribution in [2.45, 2.75) is 6.42 Å². The first-order valence-corrected chi connectivity index (χ1v) is 7.35. The highest BCUT2D eigenvalue weighted by atomic mass is 19.1. The molecule has 1 aromatic heterocycles. The Hall–Kier alpha value is -2.95. The average molecular weight is 309 g/mol. The largest absolute Gasteiger partial charge is 0.338 e. The van der Waals surface area contributed by atoms with Crippen molar-refractivity contribution in [3.8, 4) is 0 Å². The second kappa shape index (κ2) is 6.87. The molecule has 0 unspecified atom stereocenters. The fraction of sp³-hybridized carbons (Fsp3) is 0.111. The van der Waals surface area contributed by atoms with E-state index in [9.17, 15) is 9.18 Å². The number of nitrogens with zero attached hydrogens (tertiary/aromatic N) is 1. The van der Waals surface area contributed by atoms with Gasteiger partial charge in [0.1, 0.15) is 5.82 Å². The van der Waals surface area contributed by atoms with Gasteiger partial charge in [0.25, 0.3) is 0 Å². The maximum Gasteiger partial charge on any atom is 0.319 e. The van der Waals surface area contributed by atoms with Crippen molar-refractivity contribution in [3.05, 3.63) is 72.2 Å². The van der Waals surface area contributed by atoms with E-state index in [1.54, 1.807) is 12.3 Å². The van der Waals surface area contributed by atoms with Crippen LogP contribution in [0.15, 0.2) is 60.8 Å². The van der Waals surface area contributed by atoms with Gasteiger partial charge in [0, 0.05) is 18.1 Å². The van der Waals surface area contributed by atoms with Crippen LogP contribution in [0.4, 0.5) is 14.9 Å². The molecule has 0 spiro atoms. The molecule has 0 saturated carbocycles. The van der Waals surface area contributed by atoms with Gasteiger partial charge in [0.05, 0.1) is 11.2 Å². The van der Waals surface area contributed by atoms with Crippen molar-refractivity contribution in [1.82, 2.24) is 10.3 Å². The molecular weight excluding hydrogens is 293 g/mol. The Bertz CT molecular complexity index is 830. The standard InChI is InChI=1S/C18H16FN3O/c19-15-7-1-4-13(12-15)9-11-21-18(23)22-16-8-2-5-14-6-3-10-20-17(14)16/h1-8,10,12H,9,11H2,(H2,21,22,23). The van der Waals surface area contributed by atoms with Crippen LogP contribution in [0.25, 0.3) is 10.9 Å². The van der Waals surface area contributed by atoms with Gasteiger partial charge in [-0.1, -0.05) is 30.3 Å². The smallest absolute Gasteiger partial charge is 0.319 e. The third kappa shape index (κ3) is 3.83. The Morgan fingerprint density at radius 2 is 1.91 bits per heavy atom. The quantitative estimate of drug-likeness (QED) is 0.771. The third-order valence-electron chi connectivity index (χ3n) is 3.47. The summed E-state index contributed by atoms with van der Waals surface area (Å²) in [6, 6.07) is 15.5. The van der Waals surface area contributed by atoms with Gasteiger partial charge in [0.15, 0.2) is 0 Å². The first-order chi connectivity index (χ1) is 11.2. The van der Waals surface area contributed by atoms with Gasteiger partial charge in [-0.15, -0.1) is 0 Å². The summed E-state index contributed by atoms with van der Waals surface area (Å²) in [5, 5.41) is 6.52. The molecule has 0 atom stereocenters. The van der Waals surface area contributed by atoms with Crippen molar-refractivity contribution in [2.24, 2.45) is 0 Å². The number of amides is 2. The number of hydrogen-bond donors (Lipinski definition) is 2. The summed E-state index contributed by atoms with van der Waals surface area (Å²) in [6.45, 7) is 0.424. The number of halogens is 1. The second-order valence-electron chi connectivity index (χ2n) is 5.14. The fourth-order valence-corrected chi connectivity index (χ4v) is 2.38. The van der Waals surface area contributed by atoms with Crippen LogP contribution in [0.5, 0.6) is 0 Å². The van der Waals surface area contributed by atoms with Gasteiger partial charge < -0.3 is 10.6 Å². The van der Waals surface area contributed by atoms with Crippen LogP contribution >= 0.6 is 0 Å². The van der Waals surface area contributed by atoms with Gasteiger partial charge in [-0.2, -0.15) is 0 Å². The number of rotatable bonds is 4. The molecule has 116 valence electrons. The van der Waals surface area contributed by atoms with Crippen molar-refractivity contribution < 1.29 is 9.18 Å². The van der Waals surface area contributed by atoms with E-state index in [-0.39, 0.29) is 11.8 Å². The molecule has 0 aliphatic heterocycles. The molecule has 0 fully saturated rings. The first kappa shape index (κ1) is 15.0. The number of para-hydroxylation sites is 1. The number of carbonyl (C=O) groups is 1. The summed E-state index contributed by atoms with van der Waals surface area (Å²) in [6.07, 6.45) is 2.26. The summed E-state index contributed by atoms with van der Waals surface area (Å²) in [5.41, 5.74) is 2.25. The number of urea groups is 1. The highest BCUT2D eigenvalue weighted by Crippen LogP contribution is 2.20. The summed E-state index contributed by atoms with van der Waals surface area (Å²) in [4.78, 5) is 16.3. The Balaban J connectivity index is 1.59. The molecular formula is C18H16FN3O. The number of anilines is 1. The van der Waals surface area contributed by atoms with Crippen LogP contribution in [-0.2, 0) is 6.42 Å². The van der Waals surface area contributed by atoms with E-state index in [0.29, 0.717) is 18.7 Å². The predicted molar refractivity (Wildman–Crippen MR) is 88.9 cm³/mol. The highest BCUT2D eigenvalue weighted by Gasteiger charge is 2.06. The lowest BCUT2D eigenvalue weighted by Gasteiger charge is -2.09. The number of pyridine rings is 1. The second-order valence-corrected chi connectivity index (χ2v) is 5.14. The van der Waals surface area contributed by atoms with Gasteiger partial charge in [-0.25, -0.2) is 9.18 Å². The maximum absolute atomic E-state index is 13.1. The zero-order valence-corrected chi connectivity index (χ0v) is 12.4. The number of fused-ring (bicyclic) bond motifs is 1. The van der Waals surface area contributed by atoms with Crippen molar-refractivity contribution in [3.63, 3.8) is 0 Å². The SMILES string of the molecule is O=C(NCCc1cccc(F)c1)Nc1cccc2cccnc12. The van der Waals surface area contributed by atoms with Gasteiger partial charge >= 0.3 is 6.03 Å². The molecule has 0 radical (unpaired) electrons. The van der Waals surface area contributed by atoms with E-state index in [0.717, 1.165) is 16.5 Å². The minimum absolute atomic E-state index is 0.270. The lowest BCUT2D eigenvalue weighted by molar-refractivity contribution is 0.252. The van der Waals surface area contributed by atoms with Gasteiger partial charge in [-0.05, 0) is 36.2 Å². The Morgan fingerprint density at radius 1 is 1.09 bits per heavy atom. The average Bonchev–Trinajstić information content (AvgIpc) is 2.55. The first-order valence-electron chi connectivity index (χ1n) is 7.35. The number of nitrogens with one attached hydrogen (secondary N) is 2. The maximum atomic E-state index is 13.1. The molecule has 3 aromatic rings. The number of benzene rings is 2. The van der Waals surface area contributed by atoms with Crippen molar-refractivity contribution in [2.75, 3.05) is 11.9 Å². The molecule has 1 heterocycles. The van der Waals surface area contributed by atoms with Crippen LogP contribution in [-0.4, -0.2) is 17.6 Å². The number of carbonyl (C=O) groups excluding carboxylic acids is 1. The molecule has 4 nitrogen and oxygen atoms in total. The van der Waals surface area contributed by atoms with Crippen molar-refractivity contribution >= 4 is 22.6 Å². The minimum atomic E-state index is -0.306. The summed E-state index contributed by atoms with van der Waals surface area (Å²) >= 11 is 0. The van der Waals surface area contributed by atoms with Crippen LogP contribution < -0.4 is 10.6 Å². The van der Waals surface area contributed by atoms with Crippen molar-refractivity contribution in [1.29, 1.82) is 0 Å².